The predicted molar refractivity (Wildman–Crippen MR) is 78.9 cm³/mol. The number of likely N-dealkylation sites (N-methyl/N-ethyl adjacent to an activating group) is 1. The molecule has 4 heteroatoms. The van der Waals surface area contributed by atoms with E-state index in [1.54, 1.807) is 0 Å². The number of benzene rings is 1. The van der Waals surface area contributed by atoms with E-state index in [1.807, 2.05) is 21.0 Å². The van der Waals surface area contributed by atoms with E-state index in [0.29, 0.717) is 13.0 Å². The standard InChI is InChI=1S/C15H25N3O/c1-5-13(16)15(19)17-10-14(18(3)4)12-8-6-11(2)7-9-12/h6-9,13-14H,5,10,16H2,1-4H3,(H,17,19)/t13-,14?/m0/s1. The van der Waals surface area contributed by atoms with Gasteiger partial charge in [-0.25, -0.2) is 0 Å². The van der Waals surface area contributed by atoms with Gasteiger partial charge in [0.15, 0.2) is 0 Å². The molecule has 0 aliphatic heterocycles. The van der Waals surface area contributed by atoms with Crippen LogP contribution in [0.15, 0.2) is 24.3 Å². The van der Waals surface area contributed by atoms with E-state index < -0.39 is 6.04 Å². The predicted octanol–water partition coefficient (Wildman–Crippen LogP) is 1.45. The van der Waals surface area contributed by atoms with Crippen molar-refractivity contribution in [2.75, 3.05) is 20.6 Å². The van der Waals surface area contributed by atoms with Gasteiger partial charge in [-0.2, -0.15) is 0 Å². The van der Waals surface area contributed by atoms with Crippen LogP contribution in [-0.2, 0) is 4.79 Å². The minimum Gasteiger partial charge on any atom is -0.353 e. The van der Waals surface area contributed by atoms with Gasteiger partial charge in [-0.05, 0) is 33.0 Å². The van der Waals surface area contributed by atoms with E-state index in [2.05, 4.69) is 41.4 Å². The van der Waals surface area contributed by atoms with Crippen molar-refractivity contribution in [2.24, 2.45) is 5.73 Å². The zero-order valence-corrected chi connectivity index (χ0v) is 12.3. The zero-order chi connectivity index (χ0) is 14.4. The Morgan fingerprint density at radius 3 is 2.37 bits per heavy atom. The van der Waals surface area contributed by atoms with Crippen molar-refractivity contribution < 1.29 is 4.79 Å². The lowest BCUT2D eigenvalue weighted by atomic mass is 10.0. The molecule has 0 radical (unpaired) electrons. The fourth-order valence-electron chi connectivity index (χ4n) is 1.90. The van der Waals surface area contributed by atoms with Crippen molar-refractivity contribution in [3.05, 3.63) is 35.4 Å². The number of nitrogens with zero attached hydrogens (tertiary/aromatic N) is 1. The molecule has 0 spiro atoms. The normalized spacial score (nSPS) is 14.2. The molecule has 0 saturated heterocycles. The second-order valence-corrected chi connectivity index (χ2v) is 5.15. The van der Waals surface area contributed by atoms with Crippen molar-refractivity contribution in [3.8, 4) is 0 Å². The Bertz CT molecular complexity index is 400. The van der Waals surface area contributed by atoms with Gasteiger partial charge in [0.2, 0.25) is 5.91 Å². The maximum atomic E-state index is 11.7. The molecule has 19 heavy (non-hydrogen) atoms. The lowest BCUT2D eigenvalue weighted by Crippen LogP contribution is -2.43. The first-order valence-corrected chi connectivity index (χ1v) is 6.72. The number of carbonyl (C=O) groups excluding carboxylic acids is 1. The van der Waals surface area contributed by atoms with Gasteiger partial charge in [-0.1, -0.05) is 36.8 Å². The molecule has 2 atom stereocenters. The molecule has 0 saturated carbocycles. The molecule has 0 aromatic heterocycles. The molecule has 0 fully saturated rings. The Balaban J connectivity index is 2.69. The van der Waals surface area contributed by atoms with E-state index in [4.69, 9.17) is 5.73 Å². The monoisotopic (exact) mass is 263 g/mol. The molecule has 106 valence electrons. The van der Waals surface area contributed by atoms with Crippen LogP contribution in [0.4, 0.5) is 0 Å². The molecule has 1 amide bonds. The van der Waals surface area contributed by atoms with E-state index >= 15 is 0 Å². The van der Waals surface area contributed by atoms with Gasteiger partial charge < -0.3 is 16.0 Å². The number of carbonyl (C=O) groups is 1. The Labute approximate surface area is 116 Å². The van der Waals surface area contributed by atoms with Crippen molar-refractivity contribution in [1.82, 2.24) is 10.2 Å². The molecule has 1 unspecified atom stereocenters. The molecule has 3 N–H and O–H groups in total. The highest BCUT2D eigenvalue weighted by atomic mass is 16.2. The summed E-state index contributed by atoms with van der Waals surface area (Å²) < 4.78 is 0. The van der Waals surface area contributed by atoms with Gasteiger partial charge in [0.05, 0.1) is 12.1 Å². The average molecular weight is 263 g/mol. The van der Waals surface area contributed by atoms with Crippen molar-refractivity contribution in [1.29, 1.82) is 0 Å². The Morgan fingerprint density at radius 2 is 1.89 bits per heavy atom. The van der Waals surface area contributed by atoms with E-state index in [0.717, 1.165) is 0 Å². The number of aryl methyl sites for hydroxylation is 1. The molecule has 1 aromatic rings. The first-order chi connectivity index (χ1) is 8.95. The Morgan fingerprint density at radius 1 is 1.32 bits per heavy atom. The third-order valence-electron chi connectivity index (χ3n) is 3.33. The quantitative estimate of drug-likeness (QED) is 0.817. The Hall–Kier alpha value is -1.39. The summed E-state index contributed by atoms with van der Waals surface area (Å²) >= 11 is 0. The van der Waals surface area contributed by atoms with Gasteiger partial charge in [0, 0.05) is 6.54 Å². The summed E-state index contributed by atoms with van der Waals surface area (Å²) in [4.78, 5) is 13.8. The van der Waals surface area contributed by atoms with Crippen LogP contribution < -0.4 is 11.1 Å². The summed E-state index contributed by atoms with van der Waals surface area (Å²) in [7, 11) is 4.02. The van der Waals surface area contributed by atoms with Crippen LogP contribution in [-0.4, -0.2) is 37.5 Å². The van der Waals surface area contributed by atoms with Gasteiger partial charge in [0.1, 0.15) is 0 Å². The molecular formula is C15H25N3O. The highest BCUT2D eigenvalue weighted by molar-refractivity contribution is 5.81. The number of hydrogen-bond acceptors (Lipinski definition) is 3. The fraction of sp³-hybridized carbons (Fsp3) is 0.533. The van der Waals surface area contributed by atoms with Gasteiger partial charge >= 0.3 is 0 Å². The summed E-state index contributed by atoms with van der Waals surface area (Å²) in [6, 6.07) is 8.13. The molecular weight excluding hydrogens is 238 g/mol. The number of nitrogens with two attached hydrogens (primary N) is 1. The SMILES string of the molecule is CC[C@H](N)C(=O)NCC(c1ccc(C)cc1)N(C)C. The lowest BCUT2D eigenvalue weighted by molar-refractivity contribution is -0.122. The van der Waals surface area contributed by atoms with Crippen LogP contribution >= 0.6 is 0 Å². The van der Waals surface area contributed by atoms with Crippen molar-refractivity contribution in [3.63, 3.8) is 0 Å². The van der Waals surface area contributed by atoms with E-state index in [1.165, 1.54) is 11.1 Å². The molecule has 0 bridgehead atoms. The number of rotatable bonds is 6. The lowest BCUT2D eigenvalue weighted by Gasteiger charge is -2.25. The molecule has 1 rings (SSSR count). The van der Waals surface area contributed by atoms with Crippen LogP contribution in [0.25, 0.3) is 0 Å². The highest BCUT2D eigenvalue weighted by Gasteiger charge is 2.17. The maximum Gasteiger partial charge on any atom is 0.236 e. The average Bonchev–Trinajstić information content (AvgIpc) is 2.39. The first kappa shape index (κ1) is 15.7. The van der Waals surface area contributed by atoms with Crippen LogP contribution in [0.3, 0.4) is 0 Å². The zero-order valence-electron chi connectivity index (χ0n) is 12.3. The molecule has 1 aromatic carbocycles. The van der Waals surface area contributed by atoms with Gasteiger partial charge in [0.25, 0.3) is 0 Å². The minimum absolute atomic E-state index is 0.0820. The smallest absolute Gasteiger partial charge is 0.236 e. The minimum atomic E-state index is -0.416. The number of hydrogen-bond donors (Lipinski definition) is 2. The van der Waals surface area contributed by atoms with Crippen LogP contribution in [0.1, 0.15) is 30.5 Å². The highest BCUT2D eigenvalue weighted by Crippen LogP contribution is 2.17. The second kappa shape index (κ2) is 7.26. The Kier molecular flexibility index (Phi) is 5.99. The van der Waals surface area contributed by atoms with Crippen LogP contribution in [0.5, 0.6) is 0 Å². The molecule has 0 heterocycles. The van der Waals surface area contributed by atoms with Gasteiger partial charge in [-0.3, -0.25) is 4.79 Å². The summed E-state index contributed by atoms with van der Waals surface area (Å²) in [5.41, 5.74) is 8.14. The van der Waals surface area contributed by atoms with E-state index in [9.17, 15) is 4.79 Å². The maximum absolute atomic E-state index is 11.7. The van der Waals surface area contributed by atoms with E-state index in [-0.39, 0.29) is 11.9 Å². The third-order valence-corrected chi connectivity index (χ3v) is 3.33. The number of amides is 1. The first-order valence-electron chi connectivity index (χ1n) is 6.72. The summed E-state index contributed by atoms with van der Waals surface area (Å²) in [5, 5.41) is 2.92. The van der Waals surface area contributed by atoms with Gasteiger partial charge in [-0.15, -0.1) is 0 Å². The molecule has 4 nitrogen and oxygen atoms in total. The summed E-state index contributed by atoms with van der Waals surface area (Å²) in [5.74, 6) is -0.0820. The third kappa shape index (κ3) is 4.65. The van der Waals surface area contributed by atoms with Crippen LogP contribution in [0, 0.1) is 6.92 Å². The molecule has 0 aliphatic rings. The number of nitrogens with one attached hydrogen (secondary N) is 1. The topological polar surface area (TPSA) is 58.4 Å². The largest absolute Gasteiger partial charge is 0.353 e. The molecule has 0 aliphatic carbocycles. The van der Waals surface area contributed by atoms with Crippen LogP contribution in [0.2, 0.25) is 0 Å². The second-order valence-electron chi connectivity index (χ2n) is 5.15. The fourth-order valence-corrected chi connectivity index (χ4v) is 1.90. The van der Waals surface area contributed by atoms with Crippen molar-refractivity contribution >= 4 is 5.91 Å². The van der Waals surface area contributed by atoms with Crippen molar-refractivity contribution in [2.45, 2.75) is 32.4 Å². The summed E-state index contributed by atoms with van der Waals surface area (Å²) in [6.07, 6.45) is 0.656. The summed E-state index contributed by atoms with van der Waals surface area (Å²) in [6.45, 7) is 4.55.